The lowest BCUT2D eigenvalue weighted by Crippen LogP contribution is -2.62. The van der Waals surface area contributed by atoms with Crippen molar-refractivity contribution in [2.24, 2.45) is 5.41 Å². The van der Waals surface area contributed by atoms with Gasteiger partial charge in [0.1, 0.15) is 12.6 Å². The molecule has 1 N–H and O–H groups in total. The molecule has 1 atom stereocenters. The van der Waals surface area contributed by atoms with Gasteiger partial charge >= 0.3 is 0 Å². The first-order valence-corrected chi connectivity index (χ1v) is 7.01. The van der Waals surface area contributed by atoms with E-state index < -0.39 is 6.04 Å². The van der Waals surface area contributed by atoms with Crippen LogP contribution in [0.3, 0.4) is 0 Å². The van der Waals surface area contributed by atoms with E-state index >= 15 is 0 Å². The molecule has 6 heteroatoms. The Balaban J connectivity index is 2.40. The zero-order chi connectivity index (χ0) is 15.1. The van der Waals surface area contributed by atoms with Crippen LogP contribution in [0.25, 0.3) is 0 Å². The summed E-state index contributed by atoms with van der Waals surface area (Å²) in [6, 6.07) is 4.27. The third kappa shape index (κ3) is 3.07. The van der Waals surface area contributed by atoms with Crippen molar-refractivity contribution in [2.75, 3.05) is 11.4 Å². The molecule has 1 heterocycles. The molecule has 108 valence electrons. The van der Waals surface area contributed by atoms with Crippen molar-refractivity contribution in [1.82, 2.24) is 5.32 Å². The summed E-state index contributed by atoms with van der Waals surface area (Å²) in [6.07, 6.45) is 0. The highest BCUT2D eigenvalue weighted by molar-refractivity contribution is 6.35. The fourth-order valence-electron chi connectivity index (χ4n) is 2.15. The van der Waals surface area contributed by atoms with Crippen LogP contribution in [-0.4, -0.2) is 24.4 Å². The maximum atomic E-state index is 12.6. The SMILES string of the molecule is CC(C)(C)C1NC(=O)CN(c2cc(Cl)cc(Cl)c2)C1=O. The predicted octanol–water partition coefficient (Wildman–Crippen LogP) is 2.87. The average Bonchev–Trinajstić information content (AvgIpc) is 2.29. The van der Waals surface area contributed by atoms with E-state index in [1.54, 1.807) is 18.2 Å². The lowest BCUT2D eigenvalue weighted by molar-refractivity contribution is -0.133. The van der Waals surface area contributed by atoms with Gasteiger partial charge in [-0.25, -0.2) is 0 Å². The minimum atomic E-state index is -0.568. The molecule has 20 heavy (non-hydrogen) atoms. The Labute approximate surface area is 128 Å². The van der Waals surface area contributed by atoms with Gasteiger partial charge in [0.25, 0.3) is 5.91 Å². The molecule has 0 aliphatic carbocycles. The molecular formula is C14H16Cl2N2O2. The molecule has 1 aliphatic heterocycles. The lowest BCUT2D eigenvalue weighted by atomic mass is 9.84. The van der Waals surface area contributed by atoms with E-state index in [0.29, 0.717) is 15.7 Å². The van der Waals surface area contributed by atoms with Crippen LogP contribution in [0.5, 0.6) is 0 Å². The standard InChI is InChI=1S/C14H16Cl2N2O2/c1-14(2,3)12-13(20)18(7-11(19)17-12)10-5-8(15)4-9(16)6-10/h4-6,12H,7H2,1-3H3,(H,17,19). The van der Waals surface area contributed by atoms with Crippen molar-refractivity contribution in [3.8, 4) is 0 Å². The van der Waals surface area contributed by atoms with E-state index in [0.717, 1.165) is 0 Å². The smallest absolute Gasteiger partial charge is 0.250 e. The second-order valence-electron chi connectivity index (χ2n) is 5.92. The number of anilines is 1. The van der Waals surface area contributed by atoms with E-state index in [1.165, 1.54) is 4.90 Å². The van der Waals surface area contributed by atoms with E-state index in [1.807, 2.05) is 20.8 Å². The topological polar surface area (TPSA) is 49.4 Å². The Morgan fingerprint density at radius 2 is 1.70 bits per heavy atom. The van der Waals surface area contributed by atoms with Gasteiger partial charge in [0.2, 0.25) is 5.91 Å². The van der Waals surface area contributed by atoms with E-state index in [4.69, 9.17) is 23.2 Å². The van der Waals surface area contributed by atoms with Gasteiger partial charge in [0.15, 0.2) is 0 Å². The minimum absolute atomic E-state index is 0.0257. The molecule has 1 fully saturated rings. The number of benzene rings is 1. The summed E-state index contributed by atoms with van der Waals surface area (Å²) in [5.41, 5.74) is 0.171. The van der Waals surface area contributed by atoms with Gasteiger partial charge in [-0.05, 0) is 23.6 Å². The second kappa shape index (κ2) is 5.26. The Bertz CT molecular complexity index is 547. The monoisotopic (exact) mass is 314 g/mol. The zero-order valence-corrected chi connectivity index (χ0v) is 13.0. The maximum absolute atomic E-state index is 12.6. The molecule has 1 saturated heterocycles. The first kappa shape index (κ1) is 15.1. The molecule has 2 amide bonds. The number of nitrogens with one attached hydrogen (secondary N) is 1. The summed E-state index contributed by atoms with van der Waals surface area (Å²) in [6.45, 7) is 5.70. The second-order valence-corrected chi connectivity index (χ2v) is 6.79. The predicted molar refractivity (Wildman–Crippen MR) is 80.2 cm³/mol. The average molecular weight is 315 g/mol. The molecule has 0 spiro atoms. The van der Waals surface area contributed by atoms with Crippen molar-refractivity contribution in [3.05, 3.63) is 28.2 Å². The largest absolute Gasteiger partial charge is 0.342 e. The molecule has 0 aromatic heterocycles. The van der Waals surface area contributed by atoms with Crippen LogP contribution in [0.4, 0.5) is 5.69 Å². The Morgan fingerprint density at radius 3 is 2.20 bits per heavy atom. The van der Waals surface area contributed by atoms with Crippen LogP contribution in [0.1, 0.15) is 20.8 Å². The number of carbonyl (C=O) groups excluding carboxylic acids is 2. The number of halogens is 2. The van der Waals surface area contributed by atoms with Crippen molar-refractivity contribution in [3.63, 3.8) is 0 Å². The lowest BCUT2D eigenvalue weighted by Gasteiger charge is -2.38. The molecule has 0 saturated carbocycles. The number of carbonyl (C=O) groups is 2. The van der Waals surface area contributed by atoms with E-state index in [9.17, 15) is 9.59 Å². The zero-order valence-electron chi connectivity index (χ0n) is 11.5. The van der Waals surface area contributed by atoms with E-state index in [-0.39, 0.29) is 23.8 Å². The summed E-state index contributed by atoms with van der Waals surface area (Å²) in [5.74, 6) is -0.351. The molecule has 1 aliphatic rings. The van der Waals surface area contributed by atoms with Gasteiger partial charge in [-0.1, -0.05) is 44.0 Å². The first-order valence-electron chi connectivity index (χ1n) is 6.25. The highest BCUT2D eigenvalue weighted by Crippen LogP contribution is 2.30. The Kier molecular flexibility index (Phi) is 3.98. The number of amides is 2. The molecule has 1 aromatic carbocycles. The van der Waals surface area contributed by atoms with Gasteiger partial charge in [0, 0.05) is 15.7 Å². The third-order valence-electron chi connectivity index (χ3n) is 3.15. The van der Waals surface area contributed by atoms with Crippen molar-refractivity contribution >= 4 is 40.7 Å². The van der Waals surface area contributed by atoms with Crippen LogP contribution in [0, 0.1) is 5.41 Å². The maximum Gasteiger partial charge on any atom is 0.250 e. The number of nitrogens with zero attached hydrogens (tertiary/aromatic N) is 1. The van der Waals surface area contributed by atoms with Crippen molar-refractivity contribution in [2.45, 2.75) is 26.8 Å². The Morgan fingerprint density at radius 1 is 1.15 bits per heavy atom. The summed E-state index contributed by atoms with van der Waals surface area (Å²) in [5, 5.41) is 3.60. The van der Waals surface area contributed by atoms with Crippen LogP contribution >= 0.6 is 23.2 Å². The fraction of sp³-hybridized carbons (Fsp3) is 0.429. The summed E-state index contributed by atoms with van der Waals surface area (Å²) < 4.78 is 0. The van der Waals surface area contributed by atoms with Crippen LogP contribution in [0.2, 0.25) is 10.0 Å². The van der Waals surface area contributed by atoms with Gasteiger partial charge in [0.05, 0.1) is 0 Å². The number of hydrogen-bond donors (Lipinski definition) is 1. The quantitative estimate of drug-likeness (QED) is 0.866. The molecule has 2 rings (SSSR count). The third-order valence-corrected chi connectivity index (χ3v) is 3.58. The normalized spacial score (nSPS) is 20.1. The number of piperazine rings is 1. The Hall–Kier alpha value is -1.26. The summed E-state index contributed by atoms with van der Waals surface area (Å²) >= 11 is 11.9. The first-order chi connectivity index (χ1) is 9.18. The fourth-order valence-corrected chi connectivity index (χ4v) is 2.66. The van der Waals surface area contributed by atoms with Crippen molar-refractivity contribution in [1.29, 1.82) is 0 Å². The molecule has 4 nitrogen and oxygen atoms in total. The molecule has 1 unspecified atom stereocenters. The summed E-state index contributed by atoms with van der Waals surface area (Å²) in [4.78, 5) is 25.8. The van der Waals surface area contributed by atoms with Gasteiger partial charge < -0.3 is 10.2 Å². The number of rotatable bonds is 1. The van der Waals surface area contributed by atoms with Crippen LogP contribution < -0.4 is 10.2 Å². The minimum Gasteiger partial charge on any atom is -0.342 e. The van der Waals surface area contributed by atoms with Crippen LogP contribution in [-0.2, 0) is 9.59 Å². The highest BCUT2D eigenvalue weighted by atomic mass is 35.5. The highest BCUT2D eigenvalue weighted by Gasteiger charge is 2.40. The molecule has 0 bridgehead atoms. The molecular weight excluding hydrogens is 299 g/mol. The van der Waals surface area contributed by atoms with Gasteiger partial charge in [-0.15, -0.1) is 0 Å². The summed E-state index contributed by atoms with van der Waals surface area (Å²) in [7, 11) is 0. The molecule has 0 radical (unpaired) electrons. The number of hydrogen-bond acceptors (Lipinski definition) is 2. The van der Waals surface area contributed by atoms with Gasteiger partial charge in [-0.3, -0.25) is 9.59 Å². The molecule has 1 aromatic rings. The van der Waals surface area contributed by atoms with Crippen LogP contribution in [0.15, 0.2) is 18.2 Å². The van der Waals surface area contributed by atoms with Gasteiger partial charge in [-0.2, -0.15) is 0 Å². The van der Waals surface area contributed by atoms with Crippen molar-refractivity contribution < 1.29 is 9.59 Å². The van der Waals surface area contributed by atoms with E-state index in [2.05, 4.69) is 5.32 Å².